The normalized spacial score (nSPS) is 18.1. The molecular weight excluding hydrogens is 454 g/mol. The molecule has 0 bridgehead atoms. The molecular formula is C32H39N5. The van der Waals surface area contributed by atoms with Crippen molar-refractivity contribution in [3.05, 3.63) is 70.5 Å². The van der Waals surface area contributed by atoms with E-state index in [9.17, 15) is 0 Å². The lowest BCUT2D eigenvalue weighted by molar-refractivity contribution is 0.443. The summed E-state index contributed by atoms with van der Waals surface area (Å²) in [4.78, 5) is 19.1. The minimum Gasteiger partial charge on any atom is -0.366 e. The Kier molecular flexibility index (Phi) is 6.18. The first kappa shape index (κ1) is 24.0. The van der Waals surface area contributed by atoms with E-state index >= 15 is 0 Å². The van der Waals surface area contributed by atoms with Gasteiger partial charge < -0.3 is 14.8 Å². The number of benzene rings is 2. The zero-order valence-corrected chi connectivity index (χ0v) is 22.9. The van der Waals surface area contributed by atoms with Crippen LogP contribution in [0, 0.1) is 19.8 Å². The Bertz CT molecular complexity index is 1450. The van der Waals surface area contributed by atoms with Crippen LogP contribution in [0.2, 0.25) is 0 Å². The van der Waals surface area contributed by atoms with Gasteiger partial charge in [-0.05, 0) is 67.3 Å². The molecule has 5 heteroatoms. The summed E-state index contributed by atoms with van der Waals surface area (Å²) in [7, 11) is 0. The van der Waals surface area contributed by atoms with Gasteiger partial charge in [0, 0.05) is 66.5 Å². The molecule has 1 unspecified atom stereocenters. The van der Waals surface area contributed by atoms with Crippen molar-refractivity contribution < 1.29 is 0 Å². The number of H-pyrrole nitrogens is 1. The second-order valence-corrected chi connectivity index (χ2v) is 11.6. The summed E-state index contributed by atoms with van der Waals surface area (Å²) in [5.41, 5.74) is 10.2. The first-order valence-corrected chi connectivity index (χ1v) is 14.0. The number of anilines is 2. The van der Waals surface area contributed by atoms with Crippen LogP contribution in [0.15, 0.2) is 42.6 Å². The van der Waals surface area contributed by atoms with E-state index in [1.807, 2.05) is 0 Å². The Balaban J connectivity index is 1.47. The first-order valence-electron chi connectivity index (χ1n) is 14.0. The third-order valence-electron chi connectivity index (χ3n) is 8.38. The van der Waals surface area contributed by atoms with Gasteiger partial charge in [0.15, 0.2) is 5.82 Å². The zero-order valence-electron chi connectivity index (χ0n) is 22.9. The third-order valence-corrected chi connectivity index (χ3v) is 8.38. The Morgan fingerprint density at radius 3 is 2.68 bits per heavy atom. The molecule has 2 aromatic heterocycles. The van der Waals surface area contributed by atoms with Crippen molar-refractivity contribution in [3.63, 3.8) is 0 Å². The lowest BCUT2D eigenvalue weighted by atomic mass is 9.97. The molecule has 1 atom stereocenters. The topological polar surface area (TPSA) is 48.1 Å². The number of rotatable bonds is 4. The average molecular weight is 494 g/mol. The monoisotopic (exact) mass is 493 g/mol. The summed E-state index contributed by atoms with van der Waals surface area (Å²) in [6.07, 6.45) is 5.55. The van der Waals surface area contributed by atoms with Gasteiger partial charge in [-0.25, -0.2) is 9.97 Å². The predicted molar refractivity (Wildman–Crippen MR) is 155 cm³/mol. The number of aryl methyl sites for hydroxylation is 2. The van der Waals surface area contributed by atoms with Crippen molar-refractivity contribution in [1.82, 2.24) is 15.0 Å². The molecule has 6 rings (SSSR count). The van der Waals surface area contributed by atoms with Crippen LogP contribution in [-0.2, 0) is 13.0 Å². The SMILES string of the molecule is Cc1ccc(C(C)C)cc1N1CCc2nc(-c3cccc4[nH]cc(C)c34)nc(N3CCCC(C)C3)c2C1. The quantitative estimate of drug-likeness (QED) is 0.328. The van der Waals surface area contributed by atoms with Crippen molar-refractivity contribution in [3.8, 4) is 11.4 Å². The molecule has 4 aromatic rings. The van der Waals surface area contributed by atoms with Gasteiger partial charge >= 0.3 is 0 Å². The van der Waals surface area contributed by atoms with E-state index in [0.717, 1.165) is 55.3 Å². The fourth-order valence-electron chi connectivity index (χ4n) is 6.23. The maximum Gasteiger partial charge on any atom is 0.162 e. The molecule has 4 heterocycles. The highest BCUT2D eigenvalue weighted by Crippen LogP contribution is 2.37. The maximum atomic E-state index is 5.36. The summed E-state index contributed by atoms with van der Waals surface area (Å²) in [5, 5.41) is 1.24. The van der Waals surface area contributed by atoms with Crippen molar-refractivity contribution in [2.24, 2.45) is 5.92 Å². The van der Waals surface area contributed by atoms with Crippen LogP contribution in [0.4, 0.5) is 11.5 Å². The van der Waals surface area contributed by atoms with Crippen molar-refractivity contribution in [1.29, 1.82) is 0 Å². The lowest BCUT2D eigenvalue weighted by Crippen LogP contribution is -2.38. The highest BCUT2D eigenvalue weighted by atomic mass is 15.2. The number of piperidine rings is 1. The number of hydrogen-bond acceptors (Lipinski definition) is 4. The zero-order chi connectivity index (χ0) is 25.7. The Morgan fingerprint density at radius 2 is 1.86 bits per heavy atom. The van der Waals surface area contributed by atoms with Crippen molar-refractivity contribution in [2.75, 3.05) is 29.4 Å². The molecule has 192 valence electrons. The Morgan fingerprint density at radius 1 is 1.00 bits per heavy atom. The molecule has 1 N–H and O–H groups in total. The number of aromatic nitrogens is 3. The third kappa shape index (κ3) is 4.39. The van der Waals surface area contributed by atoms with E-state index in [0.29, 0.717) is 11.8 Å². The van der Waals surface area contributed by atoms with E-state index < -0.39 is 0 Å². The number of hydrogen-bond donors (Lipinski definition) is 1. The molecule has 2 aliphatic rings. The maximum absolute atomic E-state index is 5.36. The molecule has 1 saturated heterocycles. The van der Waals surface area contributed by atoms with E-state index in [2.05, 4.69) is 92.0 Å². The molecule has 0 radical (unpaired) electrons. The highest BCUT2D eigenvalue weighted by Gasteiger charge is 2.29. The van der Waals surface area contributed by atoms with Gasteiger partial charge in [0.25, 0.3) is 0 Å². The van der Waals surface area contributed by atoms with E-state index in [4.69, 9.17) is 9.97 Å². The molecule has 0 spiro atoms. The fourth-order valence-corrected chi connectivity index (χ4v) is 6.23. The molecule has 2 aromatic carbocycles. The summed E-state index contributed by atoms with van der Waals surface area (Å²) < 4.78 is 0. The van der Waals surface area contributed by atoms with Gasteiger partial charge in [0.2, 0.25) is 0 Å². The number of nitrogens with one attached hydrogen (secondary N) is 1. The number of nitrogens with zero attached hydrogens (tertiary/aromatic N) is 4. The van der Waals surface area contributed by atoms with Crippen LogP contribution in [0.5, 0.6) is 0 Å². The number of fused-ring (bicyclic) bond motifs is 2. The smallest absolute Gasteiger partial charge is 0.162 e. The van der Waals surface area contributed by atoms with Gasteiger partial charge in [0.05, 0.1) is 5.69 Å². The molecule has 1 fully saturated rings. The summed E-state index contributed by atoms with van der Waals surface area (Å²) in [5.74, 6) is 3.22. The molecule has 5 nitrogen and oxygen atoms in total. The second-order valence-electron chi connectivity index (χ2n) is 11.6. The first-order chi connectivity index (χ1) is 17.9. The van der Waals surface area contributed by atoms with Crippen LogP contribution in [0.3, 0.4) is 0 Å². The number of aromatic amines is 1. The fraction of sp³-hybridized carbons (Fsp3) is 0.438. The van der Waals surface area contributed by atoms with Crippen LogP contribution >= 0.6 is 0 Å². The van der Waals surface area contributed by atoms with E-state index in [1.54, 1.807) is 0 Å². The van der Waals surface area contributed by atoms with Gasteiger partial charge in [-0.15, -0.1) is 0 Å². The minimum atomic E-state index is 0.521. The molecule has 0 saturated carbocycles. The largest absolute Gasteiger partial charge is 0.366 e. The van der Waals surface area contributed by atoms with Crippen LogP contribution in [0.25, 0.3) is 22.3 Å². The second kappa shape index (κ2) is 9.51. The van der Waals surface area contributed by atoms with Gasteiger partial charge in [-0.3, -0.25) is 0 Å². The van der Waals surface area contributed by atoms with Crippen LogP contribution in [-0.4, -0.2) is 34.6 Å². The van der Waals surface area contributed by atoms with Crippen molar-refractivity contribution >= 4 is 22.4 Å². The molecule has 0 amide bonds. The van der Waals surface area contributed by atoms with Gasteiger partial charge in [-0.1, -0.05) is 45.0 Å². The Labute approximate surface area is 220 Å². The highest BCUT2D eigenvalue weighted by molar-refractivity contribution is 5.96. The van der Waals surface area contributed by atoms with E-state index in [1.165, 1.54) is 51.9 Å². The summed E-state index contributed by atoms with van der Waals surface area (Å²) >= 11 is 0. The van der Waals surface area contributed by atoms with Crippen molar-refractivity contribution in [2.45, 2.75) is 66.3 Å². The average Bonchev–Trinajstić information content (AvgIpc) is 3.29. The Hall–Kier alpha value is -3.34. The lowest BCUT2D eigenvalue weighted by Gasteiger charge is -2.37. The van der Waals surface area contributed by atoms with Crippen LogP contribution in [0.1, 0.15) is 67.5 Å². The standard InChI is InChI=1S/C32H39N5/c1-20(2)24-12-11-22(4)29(16-24)36-15-13-27-26(19-36)32(37-14-7-8-21(3)18-37)35-31(34-27)25-9-6-10-28-30(25)23(5)17-33-28/h6,9-12,16-17,20-21,33H,7-8,13-15,18-19H2,1-5H3. The van der Waals surface area contributed by atoms with E-state index in [-0.39, 0.29) is 0 Å². The molecule has 0 aliphatic carbocycles. The molecule has 37 heavy (non-hydrogen) atoms. The van der Waals surface area contributed by atoms with Crippen LogP contribution < -0.4 is 9.80 Å². The van der Waals surface area contributed by atoms with Gasteiger partial charge in [0.1, 0.15) is 5.82 Å². The minimum absolute atomic E-state index is 0.521. The summed E-state index contributed by atoms with van der Waals surface area (Å²) in [6, 6.07) is 13.4. The molecule has 2 aliphatic heterocycles. The predicted octanol–water partition coefficient (Wildman–Crippen LogP) is 7.16. The van der Waals surface area contributed by atoms with Gasteiger partial charge in [-0.2, -0.15) is 0 Å². The summed E-state index contributed by atoms with van der Waals surface area (Å²) in [6.45, 7) is 15.3.